The van der Waals surface area contributed by atoms with Crippen LogP contribution < -0.4 is 14.8 Å². The van der Waals surface area contributed by atoms with Gasteiger partial charge in [-0.25, -0.2) is 0 Å². The number of benzene rings is 1. The molecule has 1 aromatic heterocycles. The van der Waals surface area contributed by atoms with Crippen LogP contribution >= 0.6 is 15.9 Å². The first-order valence-corrected chi connectivity index (χ1v) is 7.04. The van der Waals surface area contributed by atoms with Crippen LogP contribution in [0.1, 0.15) is 11.1 Å². The Bertz CT molecular complexity index is 561. The maximum atomic E-state index is 5.31. The van der Waals surface area contributed by atoms with Crippen LogP contribution in [0.25, 0.3) is 0 Å². The normalized spacial score (nSPS) is 10.3. The van der Waals surface area contributed by atoms with E-state index in [0.29, 0.717) is 0 Å². The Morgan fingerprint density at radius 2 is 1.90 bits per heavy atom. The summed E-state index contributed by atoms with van der Waals surface area (Å²) in [7, 11) is 3.27. The van der Waals surface area contributed by atoms with Crippen molar-refractivity contribution in [3.63, 3.8) is 0 Å². The second kappa shape index (κ2) is 7.26. The molecule has 0 spiro atoms. The number of rotatable bonds is 6. The largest absolute Gasteiger partial charge is 0.493 e. The lowest BCUT2D eigenvalue weighted by Crippen LogP contribution is -2.13. The molecule has 4 nitrogen and oxygen atoms in total. The summed E-state index contributed by atoms with van der Waals surface area (Å²) in [5.74, 6) is 1.45. The third kappa shape index (κ3) is 3.71. The van der Waals surface area contributed by atoms with E-state index >= 15 is 0 Å². The molecule has 0 bridgehead atoms. The van der Waals surface area contributed by atoms with Gasteiger partial charge in [-0.15, -0.1) is 0 Å². The Morgan fingerprint density at radius 3 is 2.55 bits per heavy atom. The highest BCUT2D eigenvalue weighted by Gasteiger charge is 2.09. The van der Waals surface area contributed by atoms with E-state index in [2.05, 4.69) is 26.2 Å². The van der Waals surface area contributed by atoms with E-state index in [4.69, 9.17) is 9.47 Å². The van der Waals surface area contributed by atoms with Crippen LogP contribution in [0.15, 0.2) is 41.1 Å². The van der Waals surface area contributed by atoms with Gasteiger partial charge in [0.1, 0.15) is 0 Å². The van der Waals surface area contributed by atoms with Gasteiger partial charge in [0, 0.05) is 30.0 Å². The topological polar surface area (TPSA) is 43.4 Å². The summed E-state index contributed by atoms with van der Waals surface area (Å²) in [6.07, 6.45) is 3.63. The van der Waals surface area contributed by atoms with Crippen molar-refractivity contribution in [2.75, 3.05) is 14.2 Å². The lowest BCUT2D eigenvalue weighted by atomic mass is 10.2. The second-order valence-electron chi connectivity index (χ2n) is 4.26. The molecule has 2 rings (SSSR count). The smallest absolute Gasteiger partial charge is 0.161 e. The molecule has 5 heteroatoms. The highest BCUT2D eigenvalue weighted by Crippen LogP contribution is 2.33. The van der Waals surface area contributed by atoms with Crippen molar-refractivity contribution in [3.05, 3.63) is 52.3 Å². The fourth-order valence-corrected chi connectivity index (χ4v) is 2.34. The van der Waals surface area contributed by atoms with Gasteiger partial charge in [0.05, 0.1) is 14.2 Å². The molecule has 1 N–H and O–H groups in total. The van der Waals surface area contributed by atoms with Gasteiger partial charge in [-0.05, 0) is 29.3 Å². The SMILES string of the molecule is COc1cc(Br)c(CNCc2cccnc2)cc1OC. The first-order valence-electron chi connectivity index (χ1n) is 6.24. The molecule has 1 aromatic carbocycles. The van der Waals surface area contributed by atoms with Gasteiger partial charge in [-0.3, -0.25) is 4.98 Å². The number of halogens is 1. The third-order valence-electron chi connectivity index (χ3n) is 2.92. The fourth-order valence-electron chi connectivity index (χ4n) is 1.88. The number of pyridine rings is 1. The van der Waals surface area contributed by atoms with E-state index in [1.807, 2.05) is 30.5 Å². The number of nitrogens with zero attached hydrogens (tertiary/aromatic N) is 1. The average molecular weight is 337 g/mol. The molecule has 0 aliphatic rings. The lowest BCUT2D eigenvalue weighted by molar-refractivity contribution is 0.354. The van der Waals surface area contributed by atoms with Crippen molar-refractivity contribution < 1.29 is 9.47 Å². The molecule has 0 saturated carbocycles. The molecule has 0 radical (unpaired) electrons. The molecule has 0 amide bonds. The first-order chi connectivity index (χ1) is 9.74. The Morgan fingerprint density at radius 1 is 1.15 bits per heavy atom. The van der Waals surface area contributed by atoms with Crippen LogP contribution in [0.5, 0.6) is 11.5 Å². The maximum absolute atomic E-state index is 5.31. The van der Waals surface area contributed by atoms with Crippen molar-refractivity contribution in [3.8, 4) is 11.5 Å². The Hall–Kier alpha value is -1.59. The van der Waals surface area contributed by atoms with Crippen molar-refractivity contribution >= 4 is 15.9 Å². The summed E-state index contributed by atoms with van der Waals surface area (Å²) in [5.41, 5.74) is 2.27. The van der Waals surface area contributed by atoms with Crippen LogP contribution in [-0.2, 0) is 13.1 Å². The summed E-state index contributed by atoms with van der Waals surface area (Å²) in [5, 5.41) is 3.38. The van der Waals surface area contributed by atoms with Crippen molar-refractivity contribution in [1.29, 1.82) is 0 Å². The second-order valence-corrected chi connectivity index (χ2v) is 5.12. The molecular weight excluding hydrogens is 320 g/mol. The molecule has 0 fully saturated rings. The van der Waals surface area contributed by atoms with Gasteiger partial charge in [0.2, 0.25) is 0 Å². The van der Waals surface area contributed by atoms with Crippen molar-refractivity contribution in [1.82, 2.24) is 10.3 Å². The van der Waals surface area contributed by atoms with E-state index in [-0.39, 0.29) is 0 Å². The average Bonchev–Trinajstić information content (AvgIpc) is 2.49. The summed E-state index contributed by atoms with van der Waals surface area (Å²) in [6, 6.07) is 7.87. The van der Waals surface area contributed by atoms with Gasteiger partial charge in [-0.1, -0.05) is 22.0 Å². The van der Waals surface area contributed by atoms with Gasteiger partial charge in [0.15, 0.2) is 11.5 Å². The number of aromatic nitrogens is 1. The van der Waals surface area contributed by atoms with Gasteiger partial charge in [-0.2, -0.15) is 0 Å². The number of hydrogen-bond donors (Lipinski definition) is 1. The Kier molecular flexibility index (Phi) is 5.38. The van der Waals surface area contributed by atoms with Crippen molar-refractivity contribution in [2.45, 2.75) is 13.1 Å². The predicted octanol–water partition coefficient (Wildman–Crippen LogP) is 3.15. The number of ether oxygens (including phenoxy) is 2. The molecule has 0 atom stereocenters. The monoisotopic (exact) mass is 336 g/mol. The van der Waals surface area contributed by atoms with Crippen LogP contribution in [0, 0.1) is 0 Å². The first kappa shape index (κ1) is 14.8. The molecule has 106 valence electrons. The summed E-state index contributed by atoms with van der Waals surface area (Å²) < 4.78 is 11.6. The lowest BCUT2D eigenvalue weighted by Gasteiger charge is -2.12. The molecule has 20 heavy (non-hydrogen) atoms. The van der Waals surface area contributed by atoms with E-state index in [1.54, 1.807) is 20.4 Å². The van der Waals surface area contributed by atoms with E-state index in [1.165, 1.54) is 0 Å². The molecule has 0 unspecified atom stereocenters. The zero-order valence-corrected chi connectivity index (χ0v) is 13.1. The molecule has 0 saturated heterocycles. The highest BCUT2D eigenvalue weighted by atomic mass is 79.9. The molecule has 1 heterocycles. The Balaban J connectivity index is 2.02. The number of nitrogens with one attached hydrogen (secondary N) is 1. The van der Waals surface area contributed by atoms with Gasteiger partial charge < -0.3 is 14.8 Å². The van der Waals surface area contributed by atoms with Crippen molar-refractivity contribution in [2.24, 2.45) is 0 Å². The highest BCUT2D eigenvalue weighted by molar-refractivity contribution is 9.10. The van der Waals surface area contributed by atoms with Crippen LogP contribution in [0.3, 0.4) is 0 Å². The molecule has 2 aromatic rings. The van der Waals surface area contributed by atoms with Crippen LogP contribution in [-0.4, -0.2) is 19.2 Å². The minimum atomic E-state index is 0.718. The zero-order chi connectivity index (χ0) is 14.4. The minimum Gasteiger partial charge on any atom is -0.493 e. The van der Waals surface area contributed by atoms with Crippen LogP contribution in [0.2, 0.25) is 0 Å². The van der Waals surface area contributed by atoms with Crippen LogP contribution in [0.4, 0.5) is 0 Å². The third-order valence-corrected chi connectivity index (χ3v) is 3.66. The number of methoxy groups -OCH3 is 2. The summed E-state index contributed by atoms with van der Waals surface area (Å²) in [4.78, 5) is 4.09. The molecular formula is C15H17BrN2O2. The van der Waals surface area contributed by atoms with E-state index in [0.717, 1.165) is 40.2 Å². The molecule has 0 aliphatic carbocycles. The van der Waals surface area contributed by atoms with Gasteiger partial charge >= 0.3 is 0 Å². The predicted molar refractivity (Wildman–Crippen MR) is 82.0 cm³/mol. The molecule has 0 aliphatic heterocycles. The number of hydrogen-bond acceptors (Lipinski definition) is 4. The standard InChI is InChI=1S/C15H17BrN2O2/c1-19-14-6-12(13(16)7-15(14)20-2)10-18-9-11-4-3-5-17-8-11/h3-8,18H,9-10H2,1-2H3. The van der Waals surface area contributed by atoms with E-state index < -0.39 is 0 Å². The minimum absolute atomic E-state index is 0.718. The zero-order valence-electron chi connectivity index (χ0n) is 11.5. The Labute approximate surface area is 127 Å². The van der Waals surface area contributed by atoms with Gasteiger partial charge in [0.25, 0.3) is 0 Å². The fraction of sp³-hybridized carbons (Fsp3) is 0.267. The quantitative estimate of drug-likeness (QED) is 0.879. The summed E-state index contributed by atoms with van der Waals surface area (Å²) >= 11 is 3.55. The van der Waals surface area contributed by atoms with E-state index in [9.17, 15) is 0 Å². The summed E-state index contributed by atoms with van der Waals surface area (Å²) in [6.45, 7) is 1.50. The maximum Gasteiger partial charge on any atom is 0.161 e.